The summed E-state index contributed by atoms with van der Waals surface area (Å²) in [5.41, 5.74) is 1.16. The number of hydrogen-bond acceptors (Lipinski definition) is 7. The van der Waals surface area contributed by atoms with Gasteiger partial charge in [0, 0.05) is 10.9 Å². The summed E-state index contributed by atoms with van der Waals surface area (Å²) >= 11 is 0. The Morgan fingerprint density at radius 1 is 1.09 bits per heavy atom. The Morgan fingerprint density at radius 3 is 2.66 bits per heavy atom. The molecule has 0 aliphatic carbocycles. The predicted molar refractivity (Wildman–Crippen MR) is 116 cm³/mol. The highest BCUT2D eigenvalue weighted by Crippen LogP contribution is 2.30. The van der Waals surface area contributed by atoms with Crippen molar-refractivity contribution in [2.24, 2.45) is 0 Å². The van der Waals surface area contributed by atoms with Crippen LogP contribution in [0, 0.1) is 0 Å². The third-order valence-corrected chi connectivity index (χ3v) is 4.87. The summed E-state index contributed by atoms with van der Waals surface area (Å²) in [5, 5.41) is 3.47. The van der Waals surface area contributed by atoms with Crippen LogP contribution in [-0.4, -0.2) is 43.8 Å². The number of carbonyl (C=O) groups excluding carboxylic acids is 2. The lowest BCUT2D eigenvalue weighted by atomic mass is 10.1. The van der Waals surface area contributed by atoms with Gasteiger partial charge in [-0.05, 0) is 32.0 Å². The van der Waals surface area contributed by atoms with Gasteiger partial charge in [-0.2, -0.15) is 0 Å². The van der Waals surface area contributed by atoms with E-state index in [0.717, 1.165) is 5.39 Å². The Bertz CT molecular complexity index is 1100. The maximum atomic E-state index is 12.6. The third kappa shape index (κ3) is 5.03. The number of hydrogen-bond donors (Lipinski definition) is 1. The number of furan rings is 1. The average Bonchev–Trinajstić information content (AvgIpc) is 3.18. The molecule has 1 aliphatic heterocycles. The standard InChI is InChI=1S/C24H25NO7/c1-15(2)28-13-18-17-7-3-4-8-19(17)32-23(18)24(27)30-14-22(26)25-11-16-12-29-20-9-5-6-10-21(20)31-16/h3-10,15-16H,11-14H2,1-2H3,(H,25,26). The molecule has 1 amide bonds. The van der Waals surface area contributed by atoms with Gasteiger partial charge in [-0.15, -0.1) is 0 Å². The van der Waals surface area contributed by atoms with Gasteiger partial charge in [0.05, 0.1) is 19.3 Å². The predicted octanol–water partition coefficient (Wildman–Crippen LogP) is 3.47. The molecule has 3 aromatic rings. The first kappa shape index (κ1) is 21.7. The third-order valence-electron chi connectivity index (χ3n) is 4.87. The van der Waals surface area contributed by atoms with E-state index in [1.54, 1.807) is 12.1 Å². The molecule has 0 fully saturated rings. The fourth-order valence-electron chi connectivity index (χ4n) is 3.30. The minimum absolute atomic E-state index is 0.0174. The number of carbonyl (C=O) groups is 2. The van der Waals surface area contributed by atoms with Crippen molar-refractivity contribution in [2.75, 3.05) is 19.8 Å². The first-order valence-electron chi connectivity index (χ1n) is 10.5. The molecule has 8 nitrogen and oxygen atoms in total. The number of benzene rings is 2. The van der Waals surface area contributed by atoms with Crippen molar-refractivity contribution >= 4 is 22.8 Å². The molecule has 0 saturated carbocycles. The second kappa shape index (κ2) is 9.74. The molecule has 1 aliphatic rings. The molecule has 1 N–H and O–H groups in total. The van der Waals surface area contributed by atoms with Gasteiger partial charge < -0.3 is 28.7 Å². The van der Waals surface area contributed by atoms with Gasteiger partial charge in [-0.1, -0.05) is 30.3 Å². The van der Waals surface area contributed by atoms with Crippen LogP contribution in [0.4, 0.5) is 0 Å². The molecule has 1 aromatic heterocycles. The van der Waals surface area contributed by atoms with E-state index in [0.29, 0.717) is 29.3 Å². The summed E-state index contributed by atoms with van der Waals surface area (Å²) < 4.78 is 28.0. The number of para-hydroxylation sites is 3. The molecule has 2 aromatic carbocycles. The van der Waals surface area contributed by atoms with Crippen molar-refractivity contribution in [3.05, 3.63) is 59.9 Å². The molecular formula is C24H25NO7. The van der Waals surface area contributed by atoms with Crippen molar-refractivity contribution in [3.63, 3.8) is 0 Å². The van der Waals surface area contributed by atoms with E-state index in [1.807, 2.05) is 50.2 Å². The zero-order valence-corrected chi connectivity index (χ0v) is 18.0. The lowest BCUT2D eigenvalue weighted by Gasteiger charge is -2.26. The molecule has 4 rings (SSSR count). The average molecular weight is 439 g/mol. The maximum absolute atomic E-state index is 12.6. The molecule has 32 heavy (non-hydrogen) atoms. The van der Waals surface area contributed by atoms with Crippen LogP contribution in [0.3, 0.4) is 0 Å². The molecule has 2 heterocycles. The summed E-state index contributed by atoms with van der Waals surface area (Å²) in [5.74, 6) is 0.180. The summed E-state index contributed by atoms with van der Waals surface area (Å²) in [6.45, 7) is 4.11. The van der Waals surface area contributed by atoms with Crippen LogP contribution in [0.2, 0.25) is 0 Å². The van der Waals surface area contributed by atoms with Crippen LogP contribution >= 0.6 is 0 Å². The van der Waals surface area contributed by atoms with Crippen LogP contribution in [-0.2, 0) is 20.9 Å². The van der Waals surface area contributed by atoms with Gasteiger partial charge in [0.15, 0.2) is 18.1 Å². The zero-order valence-electron chi connectivity index (χ0n) is 18.0. The Kier molecular flexibility index (Phi) is 6.61. The second-order valence-corrected chi connectivity index (χ2v) is 7.64. The largest absolute Gasteiger partial charge is 0.486 e. The number of fused-ring (bicyclic) bond motifs is 2. The lowest BCUT2D eigenvalue weighted by molar-refractivity contribution is -0.124. The Balaban J connectivity index is 1.32. The van der Waals surface area contributed by atoms with E-state index in [4.69, 9.17) is 23.4 Å². The van der Waals surface area contributed by atoms with Gasteiger partial charge in [0.25, 0.3) is 5.91 Å². The molecule has 1 atom stereocenters. The molecule has 8 heteroatoms. The van der Waals surface area contributed by atoms with Crippen LogP contribution in [0.25, 0.3) is 11.0 Å². The van der Waals surface area contributed by atoms with Crippen LogP contribution in [0.15, 0.2) is 52.9 Å². The molecule has 0 bridgehead atoms. The van der Waals surface area contributed by atoms with Gasteiger partial charge in [0.1, 0.15) is 18.3 Å². The van der Waals surface area contributed by atoms with Crippen LogP contribution in [0.1, 0.15) is 30.0 Å². The topological polar surface area (TPSA) is 96.2 Å². The van der Waals surface area contributed by atoms with Gasteiger partial charge in [-0.25, -0.2) is 4.79 Å². The number of nitrogens with one attached hydrogen (secondary N) is 1. The van der Waals surface area contributed by atoms with Crippen LogP contribution in [0.5, 0.6) is 11.5 Å². The van der Waals surface area contributed by atoms with Crippen LogP contribution < -0.4 is 14.8 Å². The van der Waals surface area contributed by atoms with Crippen molar-refractivity contribution in [3.8, 4) is 11.5 Å². The first-order chi connectivity index (χ1) is 15.5. The molecular weight excluding hydrogens is 414 g/mol. The number of esters is 1. The van der Waals surface area contributed by atoms with Gasteiger partial charge in [0.2, 0.25) is 5.76 Å². The van der Waals surface area contributed by atoms with Crippen molar-refractivity contribution in [2.45, 2.75) is 32.7 Å². The molecule has 1 unspecified atom stereocenters. The number of rotatable bonds is 8. The van der Waals surface area contributed by atoms with E-state index >= 15 is 0 Å². The SMILES string of the molecule is CC(C)OCc1c(C(=O)OCC(=O)NCC2COc3ccccc3O2)oc2ccccc12. The summed E-state index contributed by atoms with van der Waals surface area (Å²) in [4.78, 5) is 24.8. The van der Waals surface area contributed by atoms with Gasteiger partial charge >= 0.3 is 5.97 Å². The summed E-state index contributed by atoms with van der Waals surface area (Å²) in [6, 6.07) is 14.6. The van der Waals surface area contributed by atoms with Crippen molar-refractivity contribution in [1.29, 1.82) is 0 Å². The Morgan fingerprint density at radius 2 is 1.84 bits per heavy atom. The second-order valence-electron chi connectivity index (χ2n) is 7.64. The summed E-state index contributed by atoms with van der Waals surface area (Å²) in [7, 11) is 0. The Labute approximate surface area is 185 Å². The highest BCUT2D eigenvalue weighted by atomic mass is 16.6. The zero-order chi connectivity index (χ0) is 22.5. The summed E-state index contributed by atoms with van der Waals surface area (Å²) in [6.07, 6.45) is -0.351. The van der Waals surface area contributed by atoms with Crippen molar-refractivity contribution in [1.82, 2.24) is 5.32 Å². The minimum atomic E-state index is -0.718. The van der Waals surface area contributed by atoms with Gasteiger partial charge in [-0.3, -0.25) is 4.79 Å². The molecule has 0 radical (unpaired) electrons. The van der Waals surface area contributed by atoms with E-state index in [2.05, 4.69) is 5.32 Å². The maximum Gasteiger partial charge on any atom is 0.375 e. The molecule has 0 saturated heterocycles. The van der Waals surface area contributed by atoms with Crippen molar-refractivity contribution < 1.29 is 33.0 Å². The fourth-order valence-corrected chi connectivity index (χ4v) is 3.30. The first-order valence-corrected chi connectivity index (χ1v) is 10.5. The quantitative estimate of drug-likeness (QED) is 0.537. The number of amides is 1. The molecule has 0 spiro atoms. The monoisotopic (exact) mass is 439 g/mol. The smallest absolute Gasteiger partial charge is 0.375 e. The minimum Gasteiger partial charge on any atom is -0.486 e. The lowest BCUT2D eigenvalue weighted by Crippen LogP contribution is -2.42. The fraction of sp³-hybridized carbons (Fsp3) is 0.333. The normalized spacial score (nSPS) is 15.0. The van der Waals surface area contributed by atoms with E-state index in [-0.39, 0.29) is 31.1 Å². The molecule has 168 valence electrons. The van der Waals surface area contributed by atoms with E-state index < -0.39 is 18.5 Å². The van der Waals surface area contributed by atoms with E-state index in [1.165, 1.54) is 0 Å². The Hall–Kier alpha value is -3.52. The highest BCUT2D eigenvalue weighted by Gasteiger charge is 2.24. The van der Waals surface area contributed by atoms with E-state index in [9.17, 15) is 9.59 Å². The number of ether oxygens (including phenoxy) is 4. The highest BCUT2D eigenvalue weighted by molar-refractivity contribution is 5.96.